The first kappa shape index (κ1) is 9.99. The normalized spacial score (nSPS) is 9.69. The number of pyridine rings is 1. The molecule has 0 aliphatic rings. The zero-order chi connectivity index (χ0) is 9.68. The number of hydrogen-bond acceptors (Lipinski definition) is 2. The third-order valence-corrected chi connectivity index (χ3v) is 1.83. The van der Waals surface area contributed by atoms with E-state index in [1.54, 1.807) is 18.5 Å². The van der Waals surface area contributed by atoms with Crippen LogP contribution in [0.1, 0.15) is 15.9 Å². The van der Waals surface area contributed by atoms with Crippen molar-refractivity contribution < 1.29 is 4.79 Å². The highest BCUT2D eigenvalue weighted by Gasteiger charge is 2.06. The molecule has 1 N–H and O–H groups in total. The summed E-state index contributed by atoms with van der Waals surface area (Å²) in [5, 5.41) is 2.69. The van der Waals surface area contributed by atoms with Crippen LogP contribution in [0, 0.1) is 6.92 Å². The summed E-state index contributed by atoms with van der Waals surface area (Å²) >= 11 is 5.45. The lowest BCUT2D eigenvalue weighted by atomic mass is 10.1. The number of amides is 1. The summed E-state index contributed by atoms with van der Waals surface area (Å²) in [5.41, 5.74) is 1.52. The summed E-state index contributed by atoms with van der Waals surface area (Å²) in [6.07, 6.45) is 3.26. The second-order valence-electron chi connectivity index (χ2n) is 2.64. The van der Waals surface area contributed by atoms with Crippen LogP contribution < -0.4 is 5.32 Å². The monoisotopic (exact) mass is 198 g/mol. The van der Waals surface area contributed by atoms with Crippen molar-refractivity contribution >= 4 is 17.5 Å². The number of alkyl halides is 1. The van der Waals surface area contributed by atoms with Gasteiger partial charge in [-0.25, -0.2) is 0 Å². The Morgan fingerprint density at radius 1 is 1.69 bits per heavy atom. The molecule has 0 atom stereocenters. The lowest BCUT2D eigenvalue weighted by Crippen LogP contribution is -2.25. The van der Waals surface area contributed by atoms with Gasteiger partial charge in [0.15, 0.2) is 0 Å². The van der Waals surface area contributed by atoms with Gasteiger partial charge in [0.1, 0.15) is 0 Å². The number of aromatic nitrogens is 1. The molecule has 0 fully saturated rings. The summed E-state index contributed by atoms with van der Waals surface area (Å²) in [7, 11) is 0. The maximum absolute atomic E-state index is 11.4. The van der Waals surface area contributed by atoms with Gasteiger partial charge >= 0.3 is 0 Å². The van der Waals surface area contributed by atoms with Gasteiger partial charge < -0.3 is 5.32 Å². The highest BCUT2D eigenvalue weighted by atomic mass is 35.5. The first-order valence-electron chi connectivity index (χ1n) is 4.00. The molecule has 1 amide bonds. The highest BCUT2D eigenvalue weighted by Crippen LogP contribution is 2.03. The molecule has 0 aromatic carbocycles. The molecular weight excluding hydrogens is 188 g/mol. The van der Waals surface area contributed by atoms with Crippen molar-refractivity contribution in [2.24, 2.45) is 0 Å². The zero-order valence-electron chi connectivity index (χ0n) is 7.38. The zero-order valence-corrected chi connectivity index (χ0v) is 8.14. The van der Waals surface area contributed by atoms with E-state index >= 15 is 0 Å². The Hall–Kier alpha value is -1.09. The fraction of sp³-hybridized carbons (Fsp3) is 0.333. The van der Waals surface area contributed by atoms with Crippen molar-refractivity contribution in [3.63, 3.8) is 0 Å². The maximum Gasteiger partial charge on any atom is 0.251 e. The quantitative estimate of drug-likeness (QED) is 0.746. The Bertz CT molecular complexity index is 301. The van der Waals surface area contributed by atoms with Crippen LogP contribution in [-0.4, -0.2) is 23.3 Å². The van der Waals surface area contributed by atoms with E-state index in [1.165, 1.54) is 0 Å². The molecule has 4 heteroatoms. The smallest absolute Gasteiger partial charge is 0.251 e. The van der Waals surface area contributed by atoms with Gasteiger partial charge in [-0.05, 0) is 18.6 Å². The summed E-state index contributed by atoms with van der Waals surface area (Å²) < 4.78 is 0. The molecule has 0 bridgehead atoms. The molecule has 13 heavy (non-hydrogen) atoms. The maximum atomic E-state index is 11.4. The van der Waals surface area contributed by atoms with Gasteiger partial charge in [0.2, 0.25) is 0 Å². The van der Waals surface area contributed by atoms with Crippen molar-refractivity contribution in [2.45, 2.75) is 6.92 Å². The first-order chi connectivity index (χ1) is 6.25. The fourth-order valence-corrected chi connectivity index (χ4v) is 1.08. The second kappa shape index (κ2) is 4.82. The third kappa shape index (κ3) is 2.70. The summed E-state index contributed by atoms with van der Waals surface area (Å²) in [4.78, 5) is 15.3. The molecule has 1 aromatic heterocycles. The topological polar surface area (TPSA) is 42.0 Å². The molecule has 1 aromatic rings. The van der Waals surface area contributed by atoms with Gasteiger partial charge in [0.05, 0.1) is 0 Å². The minimum absolute atomic E-state index is 0.0967. The largest absolute Gasteiger partial charge is 0.351 e. The molecule has 0 aliphatic carbocycles. The van der Waals surface area contributed by atoms with Crippen molar-refractivity contribution in [3.05, 3.63) is 29.6 Å². The molecule has 0 saturated carbocycles. The molecule has 70 valence electrons. The predicted octanol–water partition coefficient (Wildman–Crippen LogP) is 1.36. The predicted molar refractivity (Wildman–Crippen MR) is 52.0 cm³/mol. The molecule has 0 radical (unpaired) electrons. The van der Waals surface area contributed by atoms with E-state index in [-0.39, 0.29) is 5.91 Å². The average Bonchev–Trinajstić information content (AvgIpc) is 2.15. The van der Waals surface area contributed by atoms with Crippen LogP contribution >= 0.6 is 11.6 Å². The fourth-order valence-electron chi connectivity index (χ4n) is 0.984. The van der Waals surface area contributed by atoms with Crippen molar-refractivity contribution in [3.8, 4) is 0 Å². The molecular formula is C9H11ClN2O. The van der Waals surface area contributed by atoms with Crippen LogP contribution in [0.2, 0.25) is 0 Å². The summed E-state index contributed by atoms with van der Waals surface area (Å²) in [6.45, 7) is 2.34. The van der Waals surface area contributed by atoms with E-state index in [0.29, 0.717) is 18.0 Å². The second-order valence-corrected chi connectivity index (χ2v) is 3.01. The van der Waals surface area contributed by atoms with E-state index in [0.717, 1.165) is 5.56 Å². The number of nitrogens with one attached hydrogen (secondary N) is 1. The van der Waals surface area contributed by atoms with E-state index in [4.69, 9.17) is 11.6 Å². The van der Waals surface area contributed by atoms with Crippen molar-refractivity contribution in [1.29, 1.82) is 0 Å². The summed E-state index contributed by atoms with van der Waals surface area (Å²) in [5.74, 6) is 0.330. The molecule has 0 saturated heterocycles. The third-order valence-electron chi connectivity index (χ3n) is 1.64. The number of rotatable bonds is 3. The standard InChI is InChI=1S/C9H11ClN2O/c1-7-6-11-4-2-8(7)9(13)12-5-3-10/h2,4,6H,3,5H2,1H3,(H,12,13). The molecule has 0 spiro atoms. The minimum atomic E-state index is -0.0967. The Morgan fingerprint density at radius 2 is 2.46 bits per heavy atom. The van der Waals surface area contributed by atoms with Crippen LogP contribution in [-0.2, 0) is 0 Å². The van der Waals surface area contributed by atoms with E-state index in [2.05, 4.69) is 10.3 Å². The molecule has 0 unspecified atom stereocenters. The highest BCUT2D eigenvalue weighted by molar-refractivity contribution is 6.18. The molecule has 3 nitrogen and oxygen atoms in total. The van der Waals surface area contributed by atoms with Crippen LogP contribution in [0.5, 0.6) is 0 Å². The van der Waals surface area contributed by atoms with Gasteiger partial charge in [-0.3, -0.25) is 9.78 Å². The SMILES string of the molecule is Cc1cnccc1C(=O)NCCCl. The molecule has 1 rings (SSSR count). The van der Waals surface area contributed by atoms with Gasteiger partial charge in [-0.15, -0.1) is 11.6 Å². The van der Waals surface area contributed by atoms with Gasteiger partial charge in [0, 0.05) is 30.4 Å². The van der Waals surface area contributed by atoms with Crippen LogP contribution in [0.3, 0.4) is 0 Å². The molecule has 0 aliphatic heterocycles. The van der Waals surface area contributed by atoms with Crippen LogP contribution in [0.4, 0.5) is 0 Å². The van der Waals surface area contributed by atoms with Crippen molar-refractivity contribution in [1.82, 2.24) is 10.3 Å². The van der Waals surface area contributed by atoms with E-state index < -0.39 is 0 Å². The Morgan fingerprint density at radius 3 is 3.08 bits per heavy atom. The Kier molecular flexibility index (Phi) is 3.71. The van der Waals surface area contributed by atoms with Gasteiger partial charge in [0.25, 0.3) is 5.91 Å². The lowest BCUT2D eigenvalue weighted by Gasteiger charge is -2.04. The number of carbonyl (C=O) groups excluding carboxylic acids is 1. The Balaban J connectivity index is 2.71. The number of nitrogens with zero attached hydrogens (tertiary/aromatic N) is 1. The van der Waals surface area contributed by atoms with Crippen LogP contribution in [0.15, 0.2) is 18.5 Å². The van der Waals surface area contributed by atoms with Gasteiger partial charge in [-0.1, -0.05) is 0 Å². The van der Waals surface area contributed by atoms with Crippen LogP contribution in [0.25, 0.3) is 0 Å². The lowest BCUT2D eigenvalue weighted by molar-refractivity contribution is 0.0955. The van der Waals surface area contributed by atoms with E-state index in [9.17, 15) is 4.79 Å². The molecule has 1 heterocycles. The van der Waals surface area contributed by atoms with Crippen molar-refractivity contribution in [2.75, 3.05) is 12.4 Å². The van der Waals surface area contributed by atoms with Gasteiger partial charge in [-0.2, -0.15) is 0 Å². The Labute approximate surface area is 82.1 Å². The summed E-state index contributed by atoms with van der Waals surface area (Å²) in [6, 6.07) is 1.69. The number of halogens is 1. The number of hydrogen-bond donors (Lipinski definition) is 1. The minimum Gasteiger partial charge on any atom is -0.351 e. The average molecular weight is 199 g/mol. The van der Waals surface area contributed by atoms with E-state index in [1.807, 2.05) is 6.92 Å². The first-order valence-corrected chi connectivity index (χ1v) is 4.54. The number of aryl methyl sites for hydroxylation is 1. The number of carbonyl (C=O) groups is 1.